The van der Waals surface area contributed by atoms with Gasteiger partial charge in [0.2, 0.25) is 0 Å². The highest BCUT2D eigenvalue weighted by Crippen LogP contribution is 2.47. The molecule has 0 N–H and O–H groups in total. The van der Waals surface area contributed by atoms with E-state index in [0.717, 1.165) is 5.92 Å². The summed E-state index contributed by atoms with van der Waals surface area (Å²) in [4.78, 5) is 0. The Morgan fingerprint density at radius 3 is 2.22 bits per heavy atom. The lowest BCUT2D eigenvalue weighted by Gasteiger charge is -2.19. The quantitative estimate of drug-likeness (QED) is 0.461. The van der Waals surface area contributed by atoms with E-state index in [1.165, 1.54) is 24.8 Å². The Balaban J connectivity index is 2.22. The zero-order valence-corrected chi connectivity index (χ0v) is 5.91. The molecule has 1 unspecified atom stereocenters. The van der Waals surface area contributed by atoms with Crippen LogP contribution in [0.1, 0.15) is 26.2 Å². The van der Waals surface area contributed by atoms with Crippen molar-refractivity contribution in [2.45, 2.75) is 26.2 Å². The van der Waals surface area contributed by atoms with Crippen molar-refractivity contribution in [3.63, 3.8) is 0 Å². The highest BCUT2D eigenvalue weighted by molar-refractivity contribution is 5.46. The molecule has 2 aliphatic carbocycles. The first-order chi connectivity index (χ1) is 4.29. The van der Waals surface area contributed by atoms with Gasteiger partial charge in [-0.05, 0) is 30.8 Å². The Morgan fingerprint density at radius 2 is 2.11 bits per heavy atom. The van der Waals surface area contributed by atoms with Crippen LogP contribution in [0, 0.1) is 5.92 Å². The standard InChI is InChI=1S/C9H12/c1-6-3-4-8(6)9-5-7(9)2/h7H,1,3-5H2,2H3. The van der Waals surface area contributed by atoms with Gasteiger partial charge in [0.15, 0.2) is 0 Å². The summed E-state index contributed by atoms with van der Waals surface area (Å²) >= 11 is 0. The van der Waals surface area contributed by atoms with E-state index >= 15 is 0 Å². The molecule has 0 aromatic rings. The molecule has 48 valence electrons. The largest absolute Gasteiger partial charge is 0.0955 e. The minimum Gasteiger partial charge on any atom is -0.0955 e. The summed E-state index contributed by atoms with van der Waals surface area (Å²) in [5.41, 5.74) is 4.73. The maximum Gasteiger partial charge on any atom is -0.0188 e. The maximum absolute atomic E-state index is 3.98. The molecule has 0 aliphatic heterocycles. The molecule has 0 spiro atoms. The molecule has 0 heteroatoms. The van der Waals surface area contributed by atoms with Crippen LogP contribution >= 0.6 is 0 Å². The summed E-state index contributed by atoms with van der Waals surface area (Å²) in [5.74, 6) is 0.900. The molecule has 2 saturated carbocycles. The van der Waals surface area contributed by atoms with E-state index in [9.17, 15) is 0 Å². The summed E-state index contributed by atoms with van der Waals surface area (Å²) in [7, 11) is 0. The molecular weight excluding hydrogens is 108 g/mol. The van der Waals surface area contributed by atoms with E-state index < -0.39 is 0 Å². The van der Waals surface area contributed by atoms with Gasteiger partial charge in [-0.15, -0.1) is 0 Å². The van der Waals surface area contributed by atoms with Crippen molar-refractivity contribution < 1.29 is 0 Å². The van der Waals surface area contributed by atoms with Crippen molar-refractivity contribution in [3.05, 3.63) is 23.3 Å². The van der Waals surface area contributed by atoms with Gasteiger partial charge >= 0.3 is 0 Å². The van der Waals surface area contributed by atoms with Gasteiger partial charge in [0.05, 0.1) is 0 Å². The predicted molar refractivity (Wildman–Crippen MR) is 39.2 cm³/mol. The fourth-order valence-electron chi connectivity index (χ4n) is 1.51. The molecule has 2 fully saturated rings. The maximum atomic E-state index is 3.98. The van der Waals surface area contributed by atoms with Crippen LogP contribution in [0.4, 0.5) is 0 Å². The van der Waals surface area contributed by atoms with Crippen molar-refractivity contribution >= 4 is 0 Å². The number of rotatable bonds is 0. The highest BCUT2D eigenvalue weighted by atomic mass is 14.4. The van der Waals surface area contributed by atoms with Gasteiger partial charge in [-0.3, -0.25) is 0 Å². The molecule has 2 rings (SSSR count). The van der Waals surface area contributed by atoms with Gasteiger partial charge in [0.1, 0.15) is 0 Å². The van der Waals surface area contributed by atoms with Crippen molar-refractivity contribution in [2.75, 3.05) is 0 Å². The van der Waals surface area contributed by atoms with Gasteiger partial charge in [0, 0.05) is 0 Å². The fraction of sp³-hybridized carbons (Fsp3) is 0.556. The molecule has 1 atom stereocenters. The molecule has 2 aliphatic rings. The molecule has 9 heavy (non-hydrogen) atoms. The summed E-state index contributed by atoms with van der Waals surface area (Å²) in [6.07, 6.45) is 3.93. The fourth-order valence-corrected chi connectivity index (χ4v) is 1.51. The molecule has 0 bridgehead atoms. The third-order valence-electron chi connectivity index (χ3n) is 2.45. The summed E-state index contributed by atoms with van der Waals surface area (Å²) in [6, 6.07) is 0. The first kappa shape index (κ1) is 5.28. The first-order valence-electron chi connectivity index (χ1n) is 3.69. The lowest BCUT2D eigenvalue weighted by atomic mass is 9.86. The molecular formula is C9H12. The van der Waals surface area contributed by atoms with Crippen molar-refractivity contribution in [1.29, 1.82) is 0 Å². The average Bonchev–Trinajstić information content (AvgIpc) is 2.44. The third kappa shape index (κ3) is 0.658. The average molecular weight is 120 g/mol. The Labute approximate surface area is 56.3 Å². The Kier molecular flexibility index (Phi) is 0.879. The van der Waals surface area contributed by atoms with Crippen molar-refractivity contribution in [2.24, 2.45) is 5.92 Å². The van der Waals surface area contributed by atoms with Crippen LogP contribution < -0.4 is 0 Å². The van der Waals surface area contributed by atoms with E-state index in [1.807, 2.05) is 0 Å². The molecule has 0 aromatic heterocycles. The molecule has 0 nitrogen and oxygen atoms in total. The second-order valence-corrected chi connectivity index (χ2v) is 3.21. The lowest BCUT2D eigenvalue weighted by Crippen LogP contribution is -2.00. The van der Waals surface area contributed by atoms with Gasteiger partial charge in [-0.2, -0.15) is 0 Å². The van der Waals surface area contributed by atoms with Crippen LogP contribution in [0.5, 0.6) is 0 Å². The van der Waals surface area contributed by atoms with Gasteiger partial charge in [-0.1, -0.05) is 24.6 Å². The highest BCUT2D eigenvalue weighted by Gasteiger charge is 2.31. The Bertz CT molecular complexity index is 196. The van der Waals surface area contributed by atoms with E-state index in [1.54, 1.807) is 11.1 Å². The van der Waals surface area contributed by atoms with E-state index in [4.69, 9.17) is 0 Å². The van der Waals surface area contributed by atoms with Gasteiger partial charge < -0.3 is 0 Å². The van der Waals surface area contributed by atoms with Crippen LogP contribution in [-0.4, -0.2) is 0 Å². The second kappa shape index (κ2) is 1.50. The van der Waals surface area contributed by atoms with Crippen molar-refractivity contribution in [1.82, 2.24) is 0 Å². The lowest BCUT2D eigenvalue weighted by molar-refractivity contribution is 0.818. The first-order valence-corrected chi connectivity index (χ1v) is 3.69. The molecule has 0 radical (unpaired) electrons. The van der Waals surface area contributed by atoms with Crippen LogP contribution in [-0.2, 0) is 0 Å². The number of hydrogen-bond acceptors (Lipinski definition) is 0. The topological polar surface area (TPSA) is 0 Å². The smallest absolute Gasteiger partial charge is 0.0188 e. The molecule has 0 heterocycles. The zero-order chi connectivity index (χ0) is 6.43. The number of allylic oxidation sites excluding steroid dienone is 3. The Hall–Kier alpha value is -0.520. The van der Waals surface area contributed by atoms with Crippen LogP contribution in [0.2, 0.25) is 0 Å². The van der Waals surface area contributed by atoms with Gasteiger partial charge in [-0.25, -0.2) is 0 Å². The number of hydrogen-bond donors (Lipinski definition) is 0. The molecule has 0 saturated heterocycles. The normalized spacial score (nSPS) is 40.6. The third-order valence-corrected chi connectivity index (χ3v) is 2.45. The molecule has 0 amide bonds. The van der Waals surface area contributed by atoms with E-state index in [-0.39, 0.29) is 0 Å². The van der Waals surface area contributed by atoms with Crippen LogP contribution in [0.25, 0.3) is 0 Å². The van der Waals surface area contributed by atoms with E-state index in [0.29, 0.717) is 0 Å². The summed E-state index contributed by atoms with van der Waals surface area (Å²) in [5, 5.41) is 0. The predicted octanol–water partition coefficient (Wildman–Crippen LogP) is 2.67. The minimum absolute atomic E-state index is 0.900. The van der Waals surface area contributed by atoms with Crippen molar-refractivity contribution in [3.8, 4) is 0 Å². The zero-order valence-electron chi connectivity index (χ0n) is 5.91. The van der Waals surface area contributed by atoms with E-state index in [2.05, 4.69) is 13.5 Å². The SMILES string of the molecule is C=C1CCC1=C1CC1C. The summed E-state index contributed by atoms with van der Waals surface area (Å²) < 4.78 is 0. The second-order valence-electron chi connectivity index (χ2n) is 3.21. The Morgan fingerprint density at radius 1 is 1.44 bits per heavy atom. The monoisotopic (exact) mass is 120 g/mol. The van der Waals surface area contributed by atoms with Crippen LogP contribution in [0.3, 0.4) is 0 Å². The van der Waals surface area contributed by atoms with Crippen LogP contribution in [0.15, 0.2) is 23.3 Å². The summed E-state index contributed by atoms with van der Waals surface area (Å²) in [6.45, 7) is 6.28. The minimum atomic E-state index is 0.900. The molecule has 0 aromatic carbocycles. The van der Waals surface area contributed by atoms with Gasteiger partial charge in [0.25, 0.3) is 0 Å².